The van der Waals surface area contributed by atoms with Gasteiger partial charge in [-0.05, 0) is 25.3 Å². The molecule has 0 spiro atoms. The third-order valence-corrected chi connectivity index (χ3v) is 2.89. The summed E-state index contributed by atoms with van der Waals surface area (Å²) in [7, 11) is 0. The first kappa shape index (κ1) is 15.3. The molecule has 1 heterocycles. The first-order valence-electron chi connectivity index (χ1n) is 7.06. The normalized spacial score (nSPS) is 9.95. The van der Waals surface area contributed by atoms with Crippen molar-refractivity contribution in [3.05, 3.63) is 24.3 Å². The summed E-state index contributed by atoms with van der Waals surface area (Å²) >= 11 is 0. The van der Waals surface area contributed by atoms with Gasteiger partial charge in [-0.1, -0.05) is 51.2 Å². The summed E-state index contributed by atoms with van der Waals surface area (Å²) in [6.07, 6.45) is 8.06. The molecule has 0 aliphatic carbocycles. The topological polar surface area (TPSA) is 53.9 Å². The van der Waals surface area contributed by atoms with Crippen LogP contribution in [0, 0.1) is 0 Å². The van der Waals surface area contributed by atoms with Gasteiger partial charge in [0, 0.05) is 6.54 Å². The number of rotatable bonds is 7. The molecule has 0 saturated carbocycles. The molecule has 0 atom stereocenters. The first-order chi connectivity index (χ1) is 9.38. The summed E-state index contributed by atoms with van der Waals surface area (Å²) in [6.45, 7) is 6.64. The van der Waals surface area contributed by atoms with E-state index in [1.807, 2.05) is 24.3 Å². The molecular weight excluding hydrogens is 236 g/mol. The standard InChI is InChI=1S/C9H19N.C6H5N3/c1-3-4-5-6-7-8-9-10-2;1-2-4-6-5(3-1)7-9-8-6/h2-9H2,1H3;1-4H,(H,7,8,9). The maximum Gasteiger partial charge on any atom is 0.112 e. The maximum absolute atomic E-state index is 3.88. The fourth-order valence-corrected chi connectivity index (χ4v) is 1.79. The van der Waals surface area contributed by atoms with Crippen LogP contribution in [0.15, 0.2) is 29.3 Å². The minimum atomic E-state index is 0.914. The Balaban J connectivity index is 0.000000190. The van der Waals surface area contributed by atoms with Crippen molar-refractivity contribution < 1.29 is 0 Å². The van der Waals surface area contributed by atoms with Crippen LogP contribution in [0.1, 0.15) is 45.4 Å². The van der Waals surface area contributed by atoms with Crippen molar-refractivity contribution in [1.29, 1.82) is 0 Å². The number of fused-ring (bicyclic) bond motifs is 1. The van der Waals surface area contributed by atoms with Gasteiger partial charge >= 0.3 is 0 Å². The van der Waals surface area contributed by atoms with Crippen molar-refractivity contribution in [1.82, 2.24) is 15.4 Å². The number of hydrogen-bond donors (Lipinski definition) is 1. The Kier molecular flexibility index (Phi) is 8.27. The van der Waals surface area contributed by atoms with Crippen LogP contribution in [0.25, 0.3) is 11.0 Å². The number of aromatic amines is 1. The van der Waals surface area contributed by atoms with Crippen LogP contribution < -0.4 is 0 Å². The van der Waals surface area contributed by atoms with Gasteiger partial charge in [0.15, 0.2) is 0 Å². The Morgan fingerprint density at radius 2 is 1.58 bits per heavy atom. The summed E-state index contributed by atoms with van der Waals surface area (Å²) in [6, 6.07) is 7.70. The van der Waals surface area contributed by atoms with Crippen LogP contribution >= 0.6 is 0 Å². The summed E-state index contributed by atoms with van der Waals surface area (Å²) in [5.41, 5.74) is 1.83. The van der Waals surface area contributed by atoms with Gasteiger partial charge in [0.1, 0.15) is 11.0 Å². The lowest BCUT2D eigenvalue weighted by Crippen LogP contribution is -1.81. The Bertz CT molecular complexity index is 420. The molecule has 0 unspecified atom stereocenters. The monoisotopic (exact) mass is 260 g/mol. The van der Waals surface area contributed by atoms with E-state index >= 15 is 0 Å². The van der Waals surface area contributed by atoms with Crippen LogP contribution in [0.3, 0.4) is 0 Å². The molecule has 19 heavy (non-hydrogen) atoms. The number of nitrogens with one attached hydrogen (secondary N) is 1. The van der Waals surface area contributed by atoms with Crippen LogP contribution in [0.2, 0.25) is 0 Å². The molecule has 0 fully saturated rings. The number of aromatic nitrogens is 3. The van der Waals surface area contributed by atoms with Gasteiger partial charge in [0.25, 0.3) is 0 Å². The van der Waals surface area contributed by atoms with E-state index in [1.54, 1.807) is 0 Å². The maximum atomic E-state index is 3.88. The molecule has 2 aromatic rings. The third kappa shape index (κ3) is 6.70. The molecule has 4 heteroatoms. The molecule has 104 valence electrons. The second-order valence-corrected chi connectivity index (χ2v) is 4.53. The number of H-pyrrole nitrogens is 1. The fraction of sp³-hybridized carbons (Fsp3) is 0.533. The van der Waals surface area contributed by atoms with Gasteiger partial charge in [0.05, 0.1) is 0 Å². The molecule has 0 radical (unpaired) electrons. The van der Waals surface area contributed by atoms with Gasteiger partial charge in [-0.3, -0.25) is 0 Å². The van der Waals surface area contributed by atoms with Crippen molar-refractivity contribution >= 4 is 17.8 Å². The lowest BCUT2D eigenvalue weighted by Gasteiger charge is -1.96. The van der Waals surface area contributed by atoms with Crippen molar-refractivity contribution in [3.63, 3.8) is 0 Å². The van der Waals surface area contributed by atoms with E-state index in [1.165, 1.54) is 38.5 Å². The zero-order valence-corrected chi connectivity index (χ0v) is 11.8. The third-order valence-electron chi connectivity index (χ3n) is 2.89. The van der Waals surface area contributed by atoms with Gasteiger partial charge in [-0.25, -0.2) is 0 Å². The van der Waals surface area contributed by atoms with Gasteiger partial charge in [0.2, 0.25) is 0 Å². The van der Waals surface area contributed by atoms with E-state index in [0.717, 1.165) is 17.6 Å². The fourth-order valence-electron chi connectivity index (χ4n) is 1.79. The number of unbranched alkanes of at least 4 members (excludes halogenated alkanes) is 5. The Morgan fingerprint density at radius 1 is 1.00 bits per heavy atom. The smallest absolute Gasteiger partial charge is 0.112 e. The quantitative estimate of drug-likeness (QED) is 0.604. The minimum absolute atomic E-state index is 0.914. The predicted molar refractivity (Wildman–Crippen MR) is 81.7 cm³/mol. The number of hydrogen-bond acceptors (Lipinski definition) is 3. The Morgan fingerprint density at radius 3 is 2.16 bits per heavy atom. The van der Waals surface area contributed by atoms with Crippen LogP contribution in [-0.2, 0) is 0 Å². The molecule has 2 rings (SSSR count). The van der Waals surface area contributed by atoms with E-state index in [9.17, 15) is 0 Å². The average molecular weight is 260 g/mol. The number of benzene rings is 1. The highest BCUT2D eigenvalue weighted by Crippen LogP contribution is 2.04. The molecule has 1 N–H and O–H groups in total. The number of aliphatic imine (C=N–C) groups is 1. The second-order valence-electron chi connectivity index (χ2n) is 4.53. The van der Waals surface area contributed by atoms with Gasteiger partial charge in [-0.15, -0.1) is 0 Å². The highest BCUT2D eigenvalue weighted by atomic mass is 15.3. The highest BCUT2D eigenvalue weighted by molar-refractivity contribution is 5.72. The van der Waals surface area contributed by atoms with Crippen molar-refractivity contribution in [2.75, 3.05) is 6.54 Å². The summed E-state index contributed by atoms with van der Waals surface area (Å²) in [5, 5.41) is 10.3. The summed E-state index contributed by atoms with van der Waals surface area (Å²) < 4.78 is 0. The van der Waals surface area contributed by atoms with Gasteiger partial charge < -0.3 is 4.99 Å². The van der Waals surface area contributed by atoms with Crippen LogP contribution in [0.5, 0.6) is 0 Å². The largest absolute Gasteiger partial charge is 0.301 e. The summed E-state index contributed by atoms with van der Waals surface area (Å²) in [4.78, 5) is 3.80. The molecule has 1 aromatic carbocycles. The molecule has 1 aromatic heterocycles. The molecule has 0 bridgehead atoms. The highest BCUT2D eigenvalue weighted by Gasteiger charge is 1.90. The number of para-hydroxylation sites is 2. The Labute approximate surface area is 115 Å². The lowest BCUT2D eigenvalue weighted by atomic mass is 10.1. The van der Waals surface area contributed by atoms with E-state index in [0.29, 0.717) is 0 Å². The van der Waals surface area contributed by atoms with E-state index in [2.05, 4.69) is 34.0 Å². The van der Waals surface area contributed by atoms with Crippen molar-refractivity contribution in [2.24, 2.45) is 4.99 Å². The molecule has 4 nitrogen and oxygen atoms in total. The minimum Gasteiger partial charge on any atom is -0.301 e. The molecule has 0 saturated heterocycles. The van der Waals surface area contributed by atoms with E-state index in [-0.39, 0.29) is 0 Å². The average Bonchev–Trinajstić information content (AvgIpc) is 2.92. The second kappa shape index (κ2) is 10.2. The van der Waals surface area contributed by atoms with Gasteiger partial charge in [-0.2, -0.15) is 15.4 Å². The zero-order chi connectivity index (χ0) is 13.8. The van der Waals surface area contributed by atoms with Crippen molar-refractivity contribution in [3.8, 4) is 0 Å². The molecule has 0 amide bonds. The van der Waals surface area contributed by atoms with E-state index in [4.69, 9.17) is 0 Å². The zero-order valence-electron chi connectivity index (χ0n) is 11.8. The number of nitrogens with zero attached hydrogens (tertiary/aromatic N) is 3. The molecule has 0 aliphatic rings. The first-order valence-corrected chi connectivity index (χ1v) is 7.06. The molecule has 0 aliphatic heterocycles. The summed E-state index contributed by atoms with van der Waals surface area (Å²) in [5.74, 6) is 0. The SMILES string of the molecule is C=NCCCCCCCC.c1ccc2n[nH]nc2c1. The van der Waals surface area contributed by atoms with Crippen LogP contribution in [0.4, 0.5) is 0 Å². The Hall–Kier alpha value is -1.71. The lowest BCUT2D eigenvalue weighted by molar-refractivity contribution is 0.613. The predicted octanol–water partition coefficient (Wildman–Crippen LogP) is 4.01. The van der Waals surface area contributed by atoms with Crippen LogP contribution in [-0.4, -0.2) is 28.7 Å². The van der Waals surface area contributed by atoms with Crippen molar-refractivity contribution in [2.45, 2.75) is 45.4 Å². The van der Waals surface area contributed by atoms with E-state index < -0.39 is 0 Å². The molecular formula is C15H24N4.